The Morgan fingerprint density at radius 3 is 3.12 bits per heavy atom. The molecule has 1 N–H and O–H groups in total. The summed E-state index contributed by atoms with van der Waals surface area (Å²) >= 11 is 3.48. The van der Waals surface area contributed by atoms with Crippen molar-refractivity contribution in [1.29, 1.82) is 0 Å². The molecule has 1 aliphatic rings. The van der Waals surface area contributed by atoms with Crippen molar-refractivity contribution in [2.75, 3.05) is 26.8 Å². The van der Waals surface area contributed by atoms with E-state index in [-0.39, 0.29) is 6.10 Å². The molecule has 88 valence electrons. The third kappa shape index (κ3) is 2.97. The number of nitrogens with one attached hydrogen (secondary N) is 1. The summed E-state index contributed by atoms with van der Waals surface area (Å²) in [5, 5.41) is 3.33. The third-order valence-corrected chi connectivity index (χ3v) is 3.19. The van der Waals surface area contributed by atoms with Gasteiger partial charge in [0.25, 0.3) is 0 Å². The molecule has 1 aromatic rings. The highest BCUT2D eigenvalue weighted by molar-refractivity contribution is 9.10. The van der Waals surface area contributed by atoms with Gasteiger partial charge in [0.05, 0.1) is 19.8 Å². The molecule has 1 unspecified atom stereocenters. The van der Waals surface area contributed by atoms with Gasteiger partial charge < -0.3 is 14.8 Å². The summed E-state index contributed by atoms with van der Waals surface area (Å²) in [6, 6.07) is 6.06. The van der Waals surface area contributed by atoms with Gasteiger partial charge in [-0.3, -0.25) is 0 Å². The first-order valence-corrected chi connectivity index (χ1v) is 6.23. The minimum absolute atomic E-state index is 0.247. The van der Waals surface area contributed by atoms with E-state index in [9.17, 15) is 0 Å². The highest BCUT2D eigenvalue weighted by Gasteiger charge is 2.16. The van der Waals surface area contributed by atoms with Crippen LogP contribution in [0.4, 0.5) is 0 Å². The topological polar surface area (TPSA) is 30.5 Å². The summed E-state index contributed by atoms with van der Waals surface area (Å²) in [4.78, 5) is 0. The van der Waals surface area contributed by atoms with E-state index in [0.717, 1.165) is 36.3 Å². The maximum Gasteiger partial charge on any atom is 0.122 e. The van der Waals surface area contributed by atoms with E-state index < -0.39 is 0 Å². The molecule has 0 spiro atoms. The highest BCUT2D eigenvalue weighted by atomic mass is 79.9. The maximum atomic E-state index is 5.69. The Morgan fingerprint density at radius 1 is 1.56 bits per heavy atom. The van der Waals surface area contributed by atoms with E-state index in [1.54, 1.807) is 7.11 Å². The lowest BCUT2D eigenvalue weighted by Gasteiger charge is -2.24. The fourth-order valence-corrected chi connectivity index (χ4v) is 2.31. The second-order valence-electron chi connectivity index (χ2n) is 3.86. The van der Waals surface area contributed by atoms with E-state index in [1.807, 2.05) is 12.1 Å². The monoisotopic (exact) mass is 285 g/mol. The molecule has 1 atom stereocenters. The highest BCUT2D eigenvalue weighted by Crippen LogP contribution is 2.24. The van der Waals surface area contributed by atoms with E-state index in [1.165, 1.54) is 5.56 Å². The summed E-state index contributed by atoms with van der Waals surface area (Å²) in [6.07, 6.45) is 1.13. The zero-order chi connectivity index (χ0) is 11.4. The Bertz CT molecular complexity index is 351. The molecule has 0 aliphatic carbocycles. The van der Waals surface area contributed by atoms with Gasteiger partial charge in [-0.05, 0) is 23.8 Å². The van der Waals surface area contributed by atoms with Crippen LogP contribution in [-0.2, 0) is 11.2 Å². The Hall–Kier alpha value is -0.580. The molecule has 0 saturated carbocycles. The van der Waals surface area contributed by atoms with Gasteiger partial charge in [0.1, 0.15) is 5.75 Å². The quantitative estimate of drug-likeness (QED) is 0.921. The maximum absolute atomic E-state index is 5.69. The lowest BCUT2D eigenvalue weighted by molar-refractivity contribution is 0.0289. The molecule has 3 nitrogen and oxygen atoms in total. The Balaban J connectivity index is 2.09. The molecule has 0 bridgehead atoms. The van der Waals surface area contributed by atoms with Crippen molar-refractivity contribution < 1.29 is 9.47 Å². The second kappa shape index (κ2) is 5.66. The van der Waals surface area contributed by atoms with Gasteiger partial charge in [0.2, 0.25) is 0 Å². The summed E-state index contributed by atoms with van der Waals surface area (Å²) < 4.78 is 12.1. The number of benzene rings is 1. The predicted molar refractivity (Wildman–Crippen MR) is 67.0 cm³/mol. The van der Waals surface area contributed by atoms with Crippen LogP contribution in [0.25, 0.3) is 0 Å². The number of methoxy groups -OCH3 is 1. The molecule has 16 heavy (non-hydrogen) atoms. The zero-order valence-electron chi connectivity index (χ0n) is 9.33. The fourth-order valence-electron chi connectivity index (χ4n) is 1.90. The third-order valence-electron chi connectivity index (χ3n) is 2.69. The largest absolute Gasteiger partial charge is 0.496 e. The van der Waals surface area contributed by atoms with Crippen molar-refractivity contribution in [2.24, 2.45) is 0 Å². The second-order valence-corrected chi connectivity index (χ2v) is 4.77. The van der Waals surface area contributed by atoms with Crippen molar-refractivity contribution in [3.63, 3.8) is 0 Å². The number of ether oxygens (including phenoxy) is 2. The SMILES string of the molecule is COc1ccc(Br)cc1CC1CNCCO1. The average molecular weight is 286 g/mol. The first-order chi connectivity index (χ1) is 7.79. The molecule has 1 heterocycles. The summed E-state index contributed by atoms with van der Waals surface area (Å²) in [7, 11) is 1.70. The van der Waals surface area contributed by atoms with Gasteiger partial charge in [0, 0.05) is 24.0 Å². The smallest absolute Gasteiger partial charge is 0.122 e. The van der Waals surface area contributed by atoms with Crippen molar-refractivity contribution in [3.05, 3.63) is 28.2 Å². The van der Waals surface area contributed by atoms with Crippen LogP contribution in [0.15, 0.2) is 22.7 Å². The first-order valence-electron chi connectivity index (χ1n) is 5.44. The number of rotatable bonds is 3. The Kier molecular flexibility index (Phi) is 4.21. The predicted octanol–water partition coefficient (Wildman–Crippen LogP) is 1.99. The van der Waals surface area contributed by atoms with Gasteiger partial charge >= 0.3 is 0 Å². The van der Waals surface area contributed by atoms with Crippen molar-refractivity contribution in [1.82, 2.24) is 5.32 Å². The van der Waals surface area contributed by atoms with E-state index in [2.05, 4.69) is 27.3 Å². The van der Waals surface area contributed by atoms with Crippen LogP contribution >= 0.6 is 15.9 Å². The Labute approximate surface area is 104 Å². The molecule has 1 saturated heterocycles. The fraction of sp³-hybridized carbons (Fsp3) is 0.500. The molecule has 1 fully saturated rings. The van der Waals surface area contributed by atoms with Gasteiger partial charge in [-0.1, -0.05) is 15.9 Å². The van der Waals surface area contributed by atoms with Crippen molar-refractivity contribution >= 4 is 15.9 Å². The van der Waals surface area contributed by atoms with Gasteiger partial charge in [0.15, 0.2) is 0 Å². The first kappa shape index (κ1) is 11.9. The van der Waals surface area contributed by atoms with E-state index in [4.69, 9.17) is 9.47 Å². The molecule has 1 aliphatic heterocycles. The van der Waals surface area contributed by atoms with Crippen molar-refractivity contribution in [3.8, 4) is 5.75 Å². The van der Waals surface area contributed by atoms with Gasteiger partial charge in [-0.25, -0.2) is 0 Å². The van der Waals surface area contributed by atoms with Gasteiger partial charge in [-0.15, -0.1) is 0 Å². The van der Waals surface area contributed by atoms with Crippen LogP contribution in [0.5, 0.6) is 5.75 Å². The molecule has 2 rings (SSSR count). The number of morpholine rings is 1. The average Bonchev–Trinajstić information content (AvgIpc) is 2.31. The van der Waals surface area contributed by atoms with Crippen molar-refractivity contribution in [2.45, 2.75) is 12.5 Å². The normalized spacial score (nSPS) is 20.8. The molecule has 0 aromatic heterocycles. The van der Waals surface area contributed by atoms with Crippen LogP contribution in [0.3, 0.4) is 0 Å². The molecule has 1 aromatic carbocycles. The summed E-state index contributed by atoms with van der Waals surface area (Å²) in [5.74, 6) is 0.928. The number of hydrogen-bond acceptors (Lipinski definition) is 3. The van der Waals surface area contributed by atoms with Crippen LogP contribution in [0.1, 0.15) is 5.56 Å². The summed E-state index contributed by atoms with van der Waals surface area (Å²) in [5.41, 5.74) is 1.19. The minimum atomic E-state index is 0.247. The Morgan fingerprint density at radius 2 is 2.44 bits per heavy atom. The lowest BCUT2D eigenvalue weighted by Crippen LogP contribution is -2.39. The molecule has 0 amide bonds. The van der Waals surface area contributed by atoms with Crippen LogP contribution < -0.4 is 10.1 Å². The lowest BCUT2D eigenvalue weighted by atomic mass is 10.1. The van der Waals surface area contributed by atoms with Crippen LogP contribution in [0.2, 0.25) is 0 Å². The number of halogens is 1. The molecular formula is C12H16BrNO2. The molecule has 0 radical (unpaired) electrons. The van der Waals surface area contributed by atoms with Crippen LogP contribution in [0, 0.1) is 0 Å². The van der Waals surface area contributed by atoms with E-state index in [0.29, 0.717) is 0 Å². The van der Waals surface area contributed by atoms with E-state index >= 15 is 0 Å². The number of hydrogen-bond donors (Lipinski definition) is 1. The molecule has 4 heteroatoms. The van der Waals surface area contributed by atoms with Crippen LogP contribution in [-0.4, -0.2) is 32.9 Å². The molecular weight excluding hydrogens is 270 g/mol. The van der Waals surface area contributed by atoms with Gasteiger partial charge in [-0.2, -0.15) is 0 Å². The minimum Gasteiger partial charge on any atom is -0.496 e. The summed E-state index contributed by atoms with van der Waals surface area (Å²) in [6.45, 7) is 2.66. The zero-order valence-corrected chi connectivity index (χ0v) is 10.9. The standard InChI is InChI=1S/C12H16BrNO2/c1-15-12-3-2-10(13)6-9(12)7-11-8-14-4-5-16-11/h2-3,6,11,14H,4-5,7-8H2,1H3.